The molecule has 4 aliphatic rings. The van der Waals surface area contributed by atoms with Gasteiger partial charge in [-0.1, -0.05) is 34.6 Å². The molecule has 1 N–H and O–H groups in total. The average Bonchev–Trinajstić information content (AvgIpc) is 3.12. The zero-order valence-electron chi connectivity index (χ0n) is 23.4. The van der Waals surface area contributed by atoms with Gasteiger partial charge >= 0.3 is 11.9 Å². The third-order valence-corrected chi connectivity index (χ3v) is 11.2. The quantitative estimate of drug-likeness (QED) is 0.435. The first-order valence-electron chi connectivity index (χ1n) is 14.5. The number of esters is 2. The Hall–Kier alpha value is -1.10. The Morgan fingerprint density at radius 1 is 0.914 bits per heavy atom. The monoisotopic (exact) mass is 489 g/mol. The number of fused-ring (bicyclic) bond motifs is 5. The van der Waals surface area contributed by atoms with Crippen molar-refractivity contribution >= 4 is 11.9 Å². The molecule has 0 aromatic heterocycles. The van der Waals surface area contributed by atoms with Crippen LogP contribution in [0.3, 0.4) is 0 Å². The highest BCUT2D eigenvalue weighted by atomic mass is 16.5. The lowest BCUT2D eigenvalue weighted by Crippen LogP contribution is -2.59. The molecule has 0 radical (unpaired) electrons. The maximum atomic E-state index is 12.4. The molecule has 35 heavy (non-hydrogen) atoms. The predicted molar refractivity (Wildman–Crippen MR) is 139 cm³/mol. The first-order valence-corrected chi connectivity index (χ1v) is 14.5. The number of rotatable bonds is 7. The van der Waals surface area contributed by atoms with Gasteiger partial charge in [-0.3, -0.25) is 9.59 Å². The van der Waals surface area contributed by atoms with E-state index >= 15 is 0 Å². The molecule has 0 spiro atoms. The second kappa shape index (κ2) is 10.3. The molecule has 0 aliphatic heterocycles. The van der Waals surface area contributed by atoms with E-state index in [4.69, 9.17) is 9.47 Å². The maximum absolute atomic E-state index is 12.4. The summed E-state index contributed by atoms with van der Waals surface area (Å²) in [5, 5.41) is 3.61. The molecule has 0 aromatic rings. The van der Waals surface area contributed by atoms with Crippen LogP contribution in [0.15, 0.2) is 0 Å². The first kappa shape index (κ1) is 26.9. The molecule has 0 heterocycles. The minimum Gasteiger partial charge on any atom is -0.463 e. The van der Waals surface area contributed by atoms with Gasteiger partial charge in [-0.2, -0.15) is 0 Å². The molecule has 5 heteroatoms. The Balaban J connectivity index is 1.56. The highest BCUT2D eigenvalue weighted by Crippen LogP contribution is 2.69. The topological polar surface area (TPSA) is 64.6 Å². The molecular formula is C30H51NO4. The molecule has 4 fully saturated rings. The van der Waals surface area contributed by atoms with E-state index in [0.29, 0.717) is 35.6 Å². The zero-order chi connectivity index (χ0) is 25.5. The van der Waals surface area contributed by atoms with Crippen molar-refractivity contribution in [3.63, 3.8) is 0 Å². The van der Waals surface area contributed by atoms with Gasteiger partial charge in [-0.05, 0) is 105 Å². The number of ether oxygens (including phenoxy) is 2. The van der Waals surface area contributed by atoms with Crippen molar-refractivity contribution in [1.82, 2.24) is 5.32 Å². The summed E-state index contributed by atoms with van der Waals surface area (Å²) in [5.74, 6) is 3.52. The second-order valence-electron chi connectivity index (χ2n) is 13.4. The summed E-state index contributed by atoms with van der Waals surface area (Å²) in [7, 11) is 0. The van der Waals surface area contributed by atoms with E-state index in [-0.39, 0.29) is 35.0 Å². The molecular weight excluding hydrogens is 438 g/mol. The van der Waals surface area contributed by atoms with Gasteiger partial charge < -0.3 is 14.8 Å². The molecule has 0 aromatic carbocycles. The van der Waals surface area contributed by atoms with E-state index < -0.39 is 0 Å². The molecule has 200 valence electrons. The summed E-state index contributed by atoms with van der Waals surface area (Å²) in [6.45, 7) is 16.1. The van der Waals surface area contributed by atoms with E-state index in [0.717, 1.165) is 38.1 Å². The van der Waals surface area contributed by atoms with Crippen molar-refractivity contribution in [3.05, 3.63) is 0 Å². The number of carbonyl (C=O) groups is 2. The Labute approximate surface area is 213 Å². The summed E-state index contributed by atoms with van der Waals surface area (Å²) >= 11 is 0. The van der Waals surface area contributed by atoms with Gasteiger partial charge in [0, 0.05) is 25.3 Å². The third kappa shape index (κ3) is 5.05. The second-order valence-corrected chi connectivity index (χ2v) is 13.4. The standard InChI is InChI=1S/C30H51NO4/c1-18(2)31-15-13-19(3)25-10-11-26-24-9-8-22-16-23(34-20(4)32)12-14-29(22,6)27(24)17-28(30(25,26)7)35-21(5)33/h18-19,22-28,31H,8-17H2,1-7H3/t19-,22-,23-,24+,25-,26+,27+,28+,29+,30-/m1/s1. The SMILES string of the molecule is CC(=O)O[C@@H]1CC[C@@]2(C)[C@H](CC[C@@H]3[C@@H]2C[C@H](OC(C)=O)[C@]2(C)[C@@H]([C@H](C)CCNC(C)C)CC[C@@H]32)C1. The minimum atomic E-state index is -0.148. The summed E-state index contributed by atoms with van der Waals surface area (Å²) in [6, 6.07) is 0.519. The fourth-order valence-electron chi connectivity index (χ4n) is 9.63. The van der Waals surface area contributed by atoms with Gasteiger partial charge in [-0.15, -0.1) is 0 Å². The van der Waals surface area contributed by atoms with Crippen molar-refractivity contribution in [1.29, 1.82) is 0 Å². The molecule has 4 aliphatic carbocycles. The first-order chi connectivity index (χ1) is 16.5. The van der Waals surface area contributed by atoms with Crippen LogP contribution in [-0.4, -0.2) is 36.7 Å². The van der Waals surface area contributed by atoms with Crippen molar-refractivity contribution in [2.75, 3.05) is 6.54 Å². The smallest absolute Gasteiger partial charge is 0.302 e. The molecule has 0 unspecified atom stereocenters. The number of hydrogen-bond acceptors (Lipinski definition) is 5. The van der Waals surface area contributed by atoms with Gasteiger partial charge in [0.15, 0.2) is 0 Å². The van der Waals surface area contributed by atoms with Crippen molar-refractivity contribution in [2.45, 2.75) is 125 Å². The maximum Gasteiger partial charge on any atom is 0.302 e. The number of hydrogen-bond donors (Lipinski definition) is 1. The van der Waals surface area contributed by atoms with E-state index in [1.54, 1.807) is 6.92 Å². The van der Waals surface area contributed by atoms with E-state index in [2.05, 4.69) is 39.9 Å². The highest BCUT2D eigenvalue weighted by molar-refractivity contribution is 5.66. The largest absolute Gasteiger partial charge is 0.463 e. The van der Waals surface area contributed by atoms with Crippen LogP contribution >= 0.6 is 0 Å². The fraction of sp³-hybridized carbons (Fsp3) is 0.933. The van der Waals surface area contributed by atoms with Crippen LogP contribution in [0.5, 0.6) is 0 Å². The fourth-order valence-corrected chi connectivity index (χ4v) is 9.63. The van der Waals surface area contributed by atoms with Gasteiger partial charge in [0.2, 0.25) is 0 Å². The van der Waals surface area contributed by atoms with Crippen LogP contribution in [0.2, 0.25) is 0 Å². The predicted octanol–water partition coefficient (Wildman–Crippen LogP) is 6.14. The lowest BCUT2D eigenvalue weighted by atomic mass is 9.43. The zero-order valence-corrected chi connectivity index (χ0v) is 23.4. The molecule has 5 nitrogen and oxygen atoms in total. The Morgan fingerprint density at radius 2 is 1.63 bits per heavy atom. The molecule has 4 saturated carbocycles. The van der Waals surface area contributed by atoms with E-state index in [1.807, 2.05) is 0 Å². The minimum absolute atomic E-state index is 0.0148. The Morgan fingerprint density at radius 3 is 2.29 bits per heavy atom. The number of nitrogens with one attached hydrogen (secondary N) is 1. The van der Waals surface area contributed by atoms with Crippen LogP contribution in [0.1, 0.15) is 106 Å². The lowest BCUT2D eigenvalue weighted by Gasteiger charge is -2.62. The van der Waals surface area contributed by atoms with Gasteiger partial charge in [0.1, 0.15) is 12.2 Å². The van der Waals surface area contributed by atoms with Gasteiger partial charge in [-0.25, -0.2) is 0 Å². The highest BCUT2D eigenvalue weighted by Gasteiger charge is 2.65. The van der Waals surface area contributed by atoms with Gasteiger partial charge in [0.05, 0.1) is 0 Å². The molecule has 10 atom stereocenters. The Kier molecular flexibility index (Phi) is 7.96. The third-order valence-electron chi connectivity index (χ3n) is 11.2. The molecule has 0 bridgehead atoms. The molecule has 0 amide bonds. The molecule has 0 saturated heterocycles. The normalized spacial score (nSPS) is 43.6. The summed E-state index contributed by atoms with van der Waals surface area (Å²) in [4.78, 5) is 23.9. The summed E-state index contributed by atoms with van der Waals surface area (Å²) in [6.07, 6.45) is 10.4. The number of carbonyl (C=O) groups excluding carboxylic acids is 2. The van der Waals surface area contributed by atoms with Crippen LogP contribution in [0, 0.1) is 46.3 Å². The van der Waals surface area contributed by atoms with Crippen molar-refractivity contribution in [2.24, 2.45) is 46.3 Å². The molecule has 4 rings (SSSR count). The van der Waals surface area contributed by atoms with Crippen LogP contribution in [0.25, 0.3) is 0 Å². The lowest BCUT2D eigenvalue weighted by molar-refractivity contribution is -0.197. The average molecular weight is 490 g/mol. The van der Waals surface area contributed by atoms with E-state index in [9.17, 15) is 9.59 Å². The van der Waals surface area contributed by atoms with Gasteiger partial charge in [0.25, 0.3) is 0 Å². The van der Waals surface area contributed by atoms with Crippen LogP contribution in [-0.2, 0) is 19.1 Å². The van der Waals surface area contributed by atoms with Crippen molar-refractivity contribution in [3.8, 4) is 0 Å². The van der Waals surface area contributed by atoms with E-state index in [1.165, 1.54) is 39.0 Å². The summed E-state index contributed by atoms with van der Waals surface area (Å²) < 4.78 is 11.9. The summed E-state index contributed by atoms with van der Waals surface area (Å²) in [5.41, 5.74) is 0.326. The Bertz CT molecular complexity index is 782. The van der Waals surface area contributed by atoms with Crippen LogP contribution < -0.4 is 5.32 Å². The van der Waals surface area contributed by atoms with Crippen LogP contribution in [0.4, 0.5) is 0 Å². The van der Waals surface area contributed by atoms with Crippen molar-refractivity contribution < 1.29 is 19.1 Å².